The molecule has 0 aliphatic heterocycles. The van der Waals surface area contributed by atoms with E-state index in [0.29, 0.717) is 16.7 Å². The lowest BCUT2D eigenvalue weighted by Gasteiger charge is -2.09. The first kappa shape index (κ1) is 14.8. The van der Waals surface area contributed by atoms with Crippen LogP contribution < -0.4 is 10.6 Å². The summed E-state index contributed by atoms with van der Waals surface area (Å²) in [4.78, 5) is 8.43. The molecule has 0 aliphatic carbocycles. The minimum absolute atomic E-state index is 0.673. The van der Waals surface area contributed by atoms with Crippen molar-refractivity contribution in [1.29, 1.82) is 0 Å². The van der Waals surface area contributed by atoms with Crippen molar-refractivity contribution in [2.75, 3.05) is 10.6 Å². The molecule has 1 heterocycles. The summed E-state index contributed by atoms with van der Waals surface area (Å²) in [5.74, 6) is 1.40. The molecule has 3 aromatic rings. The molecule has 0 fully saturated rings. The van der Waals surface area contributed by atoms with Gasteiger partial charge in [0.1, 0.15) is 18.0 Å². The maximum Gasteiger partial charge on any atom is 0.135 e. The van der Waals surface area contributed by atoms with Crippen molar-refractivity contribution < 1.29 is 0 Å². The van der Waals surface area contributed by atoms with Crippen LogP contribution >= 0.6 is 27.5 Å². The molecule has 6 heteroatoms. The molecule has 0 atom stereocenters. The first-order chi connectivity index (χ1) is 10.7. The largest absolute Gasteiger partial charge is 0.340 e. The smallest absolute Gasteiger partial charge is 0.135 e. The normalized spacial score (nSPS) is 10.3. The summed E-state index contributed by atoms with van der Waals surface area (Å²) in [5.41, 5.74) is 1.82. The van der Waals surface area contributed by atoms with E-state index in [0.717, 1.165) is 15.8 Å². The number of rotatable bonds is 4. The number of halogens is 2. The van der Waals surface area contributed by atoms with Crippen LogP contribution in [0.25, 0.3) is 0 Å². The van der Waals surface area contributed by atoms with Crippen LogP contribution in [0.4, 0.5) is 23.0 Å². The van der Waals surface area contributed by atoms with Gasteiger partial charge in [0.15, 0.2) is 0 Å². The predicted molar refractivity (Wildman–Crippen MR) is 94.2 cm³/mol. The van der Waals surface area contributed by atoms with E-state index in [2.05, 4.69) is 36.5 Å². The number of benzene rings is 2. The molecule has 4 nitrogen and oxygen atoms in total. The Morgan fingerprint density at radius 3 is 2.09 bits per heavy atom. The van der Waals surface area contributed by atoms with Gasteiger partial charge in [0, 0.05) is 26.9 Å². The van der Waals surface area contributed by atoms with Gasteiger partial charge in [-0.3, -0.25) is 0 Å². The zero-order chi connectivity index (χ0) is 15.4. The zero-order valence-corrected chi connectivity index (χ0v) is 13.8. The van der Waals surface area contributed by atoms with Crippen molar-refractivity contribution in [2.45, 2.75) is 0 Å². The minimum Gasteiger partial charge on any atom is -0.340 e. The van der Waals surface area contributed by atoms with Crippen LogP contribution in [0.1, 0.15) is 0 Å². The number of anilines is 4. The van der Waals surface area contributed by atoms with E-state index >= 15 is 0 Å². The van der Waals surface area contributed by atoms with Crippen LogP contribution in [-0.2, 0) is 0 Å². The second-order valence-corrected chi connectivity index (χ2v) is 5.91. The third-order valence-corrected chi connectivity index (χ3v) is 3.59. The Hall–Kier alpha value is -2.11. The summed E-state index contributed by atoms with van der Waals surface area (Å²) in [5, 5.41) is 7.11. The minimum atomic E-state index is 0.673. The SMILES string of the molecule is Clc1cccc(Nc2cc(Nc3cccc(Br)c3)ncn2)c1. The number of hydrogen-bond donors (Lipinski definition) is 2. The Bertz CT molecular complexity index is 732. The molecule has 2 aromatic carbocycles. The van der Waals surface area contributed by atoms with Gasteiger partial charge < -0.3 is 10.6 Å². The first-order valence-corrected chi connectivity index (χ1v) is 7.73. The summed E-state index contributed by atoms with van der Waals surface area (Å²) in [6.45, 7) is 0. The van der Waals surface area contributed by atoms with E-state index in [1.165, 1.54) is 6.33 Å². The lowest BCUT2D eigenvalue weighted by Crippen LogP contribution is -1.98. The Kier molecular flexibility index (Phi) is 4.56. The van der Waals surface area contributed by atoms with Crippen molar-refractivity contribution >= 4 is 50.5 Å². The summed E-state index contributed by atoms with van der Waals surface area (Å²) in [7, 11) is 0. The fourth-order valence-corrected chi connectivity index (χ4v) is 2.51. The molecule has 0 aliphatic rings. The molecular formula is C16H12BrClN4. The summed E-state index contributed by atoms with van der Waals surface area (Å²) in [6, 6.07) is 17.2. The quantitative estimate of drug-likeness (QED) is 0.643. The second-order valence-electron chi connectivity index (χ2n) is 4.56. The Labute approximate surface area is 141 Å². The molecule has 0 saturated carbocycles. The van der Waals surface area contributed by atoms with Gasteiger partial charge in [-0.05, 0) is 36.4 Å². The maximum absolute atomic E-state index is 5.97. The van der Waals surface area contributed by atoms with Gasteiger partial charge in [-0.1, -0.05) is 39.7 Å². The van der Waals surface area contributed by atoms with Crippen molar-refractivity contribution in [3.63, 3.8) is 0 Å². The topological polar surface area (TPSA) is 49.8 Å². The molecule has 0 amide bonds. The van der Waals surface area contributed by atoms with Gasteiger partial charge in [0.25, 0.3) is 0 Å². The zero-order valence-electron chi connectivity index (χ0n) is 11.4. The van der Waals surface area contributed by atoms with E-state index in [4.69, 9.17) is 11.6 Å². The lowest BCUT2D eigenvalue weighted by atomic mass is 10.3. The monoisotopic (exact) mass is 374 g/mol. The highest BCUT2D eigenvalue weighted by molar-refractivity contribution is 9.10. The molecule has 0 unspecified atom stereocenters. The van der Waals surface area contributed by atoms with Crippen molar-refractivity contribution in [3.05, 3.63) is 70.4 Å². The fourth-order valence-electron chi connectivity index (χ4n) is 1.92. The average Bonchev–Trinajstić information content (AvgIpc) is 2.47. The van der Waals surface area contributed by atoms with E-state index in [1.807, 2.05) is 54.6 Å². The number of aromatic nitrogens is 2. The second kappa shape index (κ2) is 6.77. The van der Waals surface area contributed by atoms with Crippen molar-refractivity contribution in [1.82, 2.24) is 9.97 Å². The molecule has 0 radical (unpaired) electrons. The van der Waals surface area contributed by atoms with Gasteiger partial charge in [-0.15, -0.1) is 0 Å². The lowest BCUT2D eigenvalue weighted by molar-refractivity contribution is 1.17. The molecule has 0 spiro atoms. The molecule has 0 bridgehead atoms. The van der Waals surface area contributed by atoms with Gasteiger partial charge in [-0.2, -0.15) is 0 Å². The predicted octanol–water partition coefficient (Wildman–Crippen LogP) is 5.38. The average molecular weight is 376 g/mol. The van der Waals surface area contributed by atoms with Crippen molar-refractivity contribution in [3.8, 4) is 0 Å². The van der Waals surface area contributed by atoms with Crippen LogP contribution in [-0.4, -0.2) is 9.97 Å². The van der Waals surface area contributed by atoms with E-state index in [9.17, 15) is 0 Å². The standard InChI is InChI=1S/C16H12BrClN4/c17-11-3-1-5-13(7-11)21-15-9-16(20-10-19-15)22-14-6-2-4-12(18)8-14/h1-10H,(H2,19,20,21,22). The third-order valence-electron chi connectivity index (χ3n) is 2.86. The molecule has 22 heavy (non-hydrogen) atoms. The van der Waals surface area contributed by atoms with Crippen LogP contribution in [0.2, 0.25) is 5.02 Å². The van der Waals surface area contributed by atoms with Crippen LogP contribution in [0.15, 0.2) is 65.4 Å². The van der Waals surface area contributed by atoms with Gasteiger partial charge in [0.2, 0.25) is 0 Å². The third kappa shape index (κ3) is 3.96. The summed E-state index contributed by atoms with van der Waals surface area (Å²) in [6.07, 6.45) is 1.51. The molecule has 3 rings (SSSR count). The van der Waals surface area contributed by atoms with Gasteiger partial charge in [-0.25, -0.2) is 9.97 Å². The molecule has 2 N–H and O–H groups in total. The Morgan fingerprint density at radius 1 is 0.818 bits per heavy atom. The Morgan fingerprint density at radius 2 is 1.45 bits per heavy atom. The number of nitrogens with one attached hydrogen (secondary N) is 2. The maximum atomic E-state index is 5.97. The number of nitrogens with zero attached hydrogens (tertiary/aromatic N) is 2. The van der Waals surface area contributed by atoms with Gasteiger partial charge in [0.05, 0.1) is 0 Å². The van der Waals surface area contributed by atoms with Gasteiger partial charge >= 0.3 is 0 Å². The highest BCUT2D eigenvalue weighted by atomic mass is 79.9. The van der Waals surface area contributed by atoms with Crippen LogP contribution in [0.5, 0.6) is 0 Å². The van der Waals surface area contributed by atoms with E-state index in [1.54, 1.807) is 0 Å². The van der Waals surface area contributed by atoms with Crippen LogP contribution in [0, 0.1) is 0 Å². The first-order valence-electron chi connectivity index (χ1n) is 6.56. The molecule has 110 valence electrons. The highest BCUT2D eigenvalue weighted by Gasteiger charge is 2.01. The highest BCUT2D eigenvalue weighted by Crippen LogP contribution is 2.22. The molecule has 0 saturated heterocycles. The summed E-state index contributed by atoms with van der Waals surface area (Å²) < 4.78 is 1.00. The number of hydrogen-bond acceptors (Lipinski definition) is 4. The summed E-state index contributed by atoms with van der Waals surface area (Å²) >= 11 is 9.42. The molecular weight excluding hydrogens is 364 g/mol. The fraction of sp³-hybridized carbons (Fsp3) is 0. The van der Waals surface area contributed by atoms with E-state index in [-0.39, 0.29) is 0 Å². The van der Waals surface area contributed by atoms with E-state index < -0.39 is 0 Å². The van der Waals surface area contributed by atoms with Crippen molar-refractivity contribution in [2.24, 2.45) is 0 Å². The molecule has 1 aromatic heterocycles. The Balaban J connectivity index is 1.78. The van der Waals surface area contributed by atoms with Crippen LogP contribution in [0.3, 0.4) is 0 Å².